The van der Waals surface area contributed by atoms with Gasteiger partial charge in [-0.3, -0.25) is 5.10 Å². The summed E-state index contributed by atoms with van der Waals surface area (Å²) in [5, 5.41) is 7.98. The van der Waals surface area contributed by atoms with Crippen molar-refractivity contribution in [2.24, 2.45) is 0 Å². The van der Waals surface area contributed by atoms with E-state index in [2.05, 4.69) is 25.1 Å². The maximum atomic E-state index is 14.2. The van der Waals surface area contributed by atoms with Gasteiger partial charge in [0.15, 0.2) is 11.6 Å². The zero-order chi connectivity index (χ0) is 19.0. The summed E-state index contributed by atoms with van der Waals surface area (Å²) >= 11 is 0. The molecule has 3 aromatic rings. The van der Waals surface area contributed by atoms with Crippen molar-refractivity contribution in [1.82, 2.24) is 20.2 Å². The summed E-state index contributed by atoms with van der Waals surface area (Å²) in [6, 6.07) is 4.97. The second-order valence-electron chi connectivity index (χ2n) is 6.96. The number of benzene rings is 1. The fourth-order valence-electron chi connectivity index (χ4n) is 3.23. The van der Waals surface area contributed by atoms with E-state index in [-0.39, 0.29) is 18.0 Å². The first-order valence-corrected chi connectivity index (χ1v) is 9.04. The molecule has 2 aromatic heterocycles. The Kier molecular flexibility index (Phi) is 4.65. The minimum atomic E-state index is -0.419. The third kappa shape index (κ3) is 3.57. The maximum absolute atomic E-state index is 14.2. The number of anilines is 1. The van der Waals surface area contributed by atoms with E-state index in [1.165, 1.54) is 12.4 Å². The SMILES string of the molecule is CC(C)Oc1cc2c(-c3cc(N4CCOC(C)C4)ncn3)n[nH]c2cc1F. The third-order valence-electron chi connectivity index (χ3n) is 4.44. The Morgan fingerprint density at radius 3 is 2.93 bits per heavy atom. The fraction of sp³-hybridized carbons (Fsp3) is 0.421. The monoisotopic (exact) mass is 371 g/mol. The molecule has 0 spiro atoms. The quantitative estimate of drug-likeness (QED) is 0.759. The molecular weight excluding hydrogens is 349 g/mol. The minimum Gasteiger partial charge on any atom is -0.488 e. The van der Waals surface area contributed by atoms with Crippen LogP contribution in [0.25, 0.3) is 22.3 Å². The molecule has 0 amide bonds. The van der Waals surface area contributed by atoms with Crippen LogP contribution in [0.15, 0.2) is 24.5 Å². The van der Waals surface area contributed by atoms with Gasteiger partial charge in [0, 0.05) is 30.6 Å². The molecule has 1 saturated heterocycles. The van der Waals surface area contributed by atoms with Gasteiger partial charge >= 0.3 is 0 Å². The lowest BCUT2D eigenvalue weighted by Crippen LogP contribution is -2.41. The molecule has 1 unspecified atom stereocenters. The van der Waals surface area contributed by atoms with Crippen LogP contribution in [0, 0.1) is 5.82 Å². The Morgan fingerprint density at radius 1 is 1.30 bits per heavy atom. The zero-order valence-corrected chi connectivity index (χ0v) is 15.6. The molecule has 0 aliphatic carbocycles. The lowest BCUT2D eigenvalue weighted by molar-refractivity contribution is 0.0529. The summed E-state index contributed by atoms with van der Waals surface area (Å²) in [7, 11) is 0. The number of rotatable bonds is 4. The fourth-order valence-corrected chi connectivity index (χ4v) is 3.23. The number of nitrogens with one attached hydrogen (secondary N) is 1. The minimum absolute atomic E-state index is 0.124. The number of fused-ring (bicyclic) bond motifs is 1. The second-order valence-corrected chi connectivity index (χ2v) is 6.96. The van der Waals surface area contributed by atoms with E-state index < -0.39 is 5.82 Å². The average Bonchev–Trinajstić information content (AvgIpc) is 3.04. The predicted octanol–water partition coefficient (Wildman–Crippen LogP) is 3.17. The molecule has 1 aliphatic heterocycles. The Morgan fingerprint density at radius 2 is 2.15 bits per heavy atom. The van der Waals surface area contributed by atoms with Crippen LogP contribution < -0.4 is 9.64 Å². The van der Waals surface area contributed by atoms with Crippen molar-refractivity contribution in [2.75, 3.05) is 24.6 Å². The van der Waals surface area contributed by atoms with Gasteiger partial charge in [0.05, 0.1) is 30.0 Å². The maximum Gasteiger partial charge on any atom is 0.167 e. The highest BCUT2D eigenvalue weighted by atomic mass is 19.1. The van der Waals surface area contributed by atoms with Crippen molar-refractivity contribution in [3.63, 3.8) is 0 Å². The largest absolute Gasteiger partial charge is 0.488 e. The van der Waals surface area contributed by atoms with Crippen molar-refractivity contribution in [3.8, 4) is 17.1 Å². The van der Waals surface area contributed by atoms with Gasteiger partial charge in [-0.2, -0.15) is 5.10 Å². The molecule has 27 heavy (non-hydrogen) atoms. The Bertz CT molecular complexity index is 958. The van der Waals surface area contributed by atoms with Crippen molar-refractivity contribution in [2.45, 2.75) is 33.0 Å². The zero-order valence-electron chi connectivity index (χ0n) is 15.6. The van der Waals surface area contributed by atoms with Gasteiger partial charge in [-0.25, -0.2) is 14.4 Å². The van der Waals surface area contributed by atoms with Crippen LogP contribution in [0.5, 0.6) is 5.75 Å². The molecule has 3 heterocycles. The van der Waals surface area contributed by atoms with Gasteiger partial charge in [-0.15, -0.1) is 0 Å². The molecule has 1 atom stereocenters. The molecule has 4 rings (SSSR count). The summed E-state index contributed by atoms with van der Waals surface area (Å²) in [4.78, 5) is 10.9. The molecule has 0 saturated carbocycles. The summed E-state index contributed by atoms with van der Waals surface area (Å²) in [6.07, 6.45) is 1.56. The molecule has 0 radical (unpaired) electrons. The van der Waals surface area contributed by atoms with E-state index in [1.807, 2.05) is 26.8 Å². The lowest BCUT2D eigenvalue weighted by Gasteiger charge is -2.31. The van der Waals surface area contributed by atoms with E-state index in [0.29, 0.717) is 23.5 Å². The predicted molar refractivity (Wildman–Crippen MR) is 100 cm³/mol. The number of hydrogen-bond donors (Lipinski definition) is 1. The van der Waals surface area contributed by atoms with Crippen LogP contribution in [-0.4, -0.2) is 52.1 Å². The molecule has 1 aliphatic rings. The smallest absolute Gasteiger partial charge is 0.167 e. The number of morpholine rings is 1. The first-order valence-electron chi connectivity index (χ1n) is 9.04. The summed E-state index contributed by atoms with van der Waals surface area (Å²) in [5.74, 6) is 0.612. The van der Waals surface area contributed by atoms with Crippen LogP contribution in [-0.2, 0) is 4.74 Å². The van der Waals surface area contributed by atoms with Crippen LogP contribution in [0.4, 0.5) is 10.2 Å². The van der Waals surface area contributed by atoms with Gasteiger partial charge in [-0.05, 0) is 26.8 Å². The van der Waals surface area contributed by atoms with Crippen LogP contribution in [0.2, 0.25) is 0 Å². The van der Waals surface area contributed by atoms with Crippen molar-refractivity contribution in [3.05, 3.63) is 30.3 Å². The van der Waals surface area contributed by atoms with Crippen LogP contribution >= 0.6 is 0 Å². The van der Waals surface area contributed by atoms with Gasteiger partial charge in [0.25, 0.3) is 0 Å². The van der Waals surface area contributed by atoms with Crippen LogP contribution in [0.1, 0.15) is 20.8 Å². The standard InChI is InChI=1S/C19H22FN5O2/c1-11(2)27-17-6-13-15(7-14(17)20)23-24-19(13)16-8-18(22-10-21-16)25-4-5-26-12(3)9-25/h6-8,10-12H,4-5,9H2,1-3H3,(H,23,24). The lowest BCUT2D eigenvalue weighted by atomic mass is 10.1. The number of nitrogens with zero attached hydrogens (tertiary/aromatic N) is 4. The highest BCUT2D eigenvalue weighted by Crippen LogP contribution is 2.31. The topological polar surface area (TPSA) is 76.2 Å². The number of aromatic amines is 1. The van der Waals surface area contributed by atoms with Gasteiger partial charge in [0.1, 0.15) is 17.8 Å². The van der Waals surface area contributed by atoms with E-state index in [4.69, 9.17) is 9.47 Å². The number of H-pyrrole nitrogens is 1. The number of aromatic nitrogens is 4. The molecular formula is C19H22FN5O2. The highest BCUT2D eigenvalue weighted by molar-refractivity contribution is 5.93. The van der Waals surface area contributed by atoms with E-state index in [9.17, 15) is 4.39 Å². The molecule has 8 heteroatoms. The highest BCUT2D eigenvalue weighted by Gasteiger charge is 2.20. The molecule has 0 bridgehead atoms. The Labute approximate surface area is 156 Å². The second kappa shape index (κ2) is 7.11. The van der Waals surface area contributed by atoms with E-state index in [1.54, 1.807) is 6.07 Å². The number of ether oxygens (including phenoxy) is 2. The average molecular weight is 371 g/mol. The summed E-state index contributed by atoms with van der Waals surface area (Å²) in [5.41, 5.74) is 1.91. The van der Waals surface area contributed by atoms with E-state index >= 15 is 0 Å². The van der Waals surface area contributed by atoms with E-state index in [0.717, 1.165) is 24.3 Å². The van der Waals surface area contributed by atoms with Gasteiger partial charge in [0.2, 0.25) is 0 Å². The molecule has 1 aromatic carbocycles. The van der Waals surface area contributed by atoms with Crippen molar-refractivity contribution in [1.29, 1.82) is 0 Å². The van der Waals surface area contributed by atoms with Crippen molar-refractivity contribution >= 4 is 16.7 Å². The molecule has 142 valence electrons. The first-order chi connectivity index (χ1) is 13.0. The summed E-state index contributed by atoms with van der Waals surface area (Å²) in [6.45, 7) is 7.98. The Hall–Kier alpha value is -2.74. The van der Waals surface area contributed by atoms with Crippen molar-refractivity contribution < 1.29 is 13.9 Å². The van der Waals surface area contributed by atoms with Gasteiger partial charge in [-0.1, -0.05) is 0 Å². The molecule has 7 nitrogen and oxygen atoms in total. The van der Waals surface area contributed by atoms with Gasteiger partial charge < -0.3 is 14.4 Å². The third-order valence-corrected chi connectivity index (χ3v) is 4.44. The number of halogens is 1. The molecule has 1 fully saturated rings. The normalized spacial score (nSPS) is 17.7. The Balaban J connectivity index is 1.73. The molecule has 1 N–H and O–H groups in total. The summed E-state index contributed by atoms with van der Waals surface area (Å²) < 4.78 is 25.4. The first kappa shape index (κ1) is 17.7. The number of hydrogen-bond acceptors (Lipinski definition) is 6. The van der Waals surface area contributed by atoms with Crippen LogP contribution in [0.3, 0.4) is 0 Å².